The van der Waals surface area contributed by atoms with Crippen molar-refractivity contribution in [1.29, 1.82) is 0 Å². The molecule has 0 radical (unpaired) electrons. The van der Waals surface area contributed by atoms with Gasteiger partial charge in [-0.3, -0.25) is 4.79 Å². The van der Waals surface area contributed by atoms with Crippen LogP contribution in [-0.4, -0.2) is 60.9 Å². The molecule has 3 heterocycles. The molecule has 1 unspecified atom stereocenters. The summed E-state index contributed by atoms with van der Waals surface area (Å²) < 4.78 is 24.0. The summed E-state index contributed by atoms with van der Waals surface area (Å²) in [6, 6.07) is 6.20. The topological polar surface area (TPSA) is 57.2 Å². The van der Waals surface area contributed by atoms with E-state index in [1.165, 1.54) is 24.8 Å². The molecular weight excluding hydrogens is 426 g/mol. The molecule has 1 atom stereocenters. The molecule has 6 nitrogen and oxygen atoms in total. The fraction of sp³-hybridized carbons (Fsp3) is 0.720. The summed E-state index contributed by atoms with van der Waals surface area (Å²) >= 11 is 1.77. The molecular formula is C25H35NO5S. The number of benzene rings is 1. The van der Waals surface area contributed by atoms with Crippen molar-refractivity contribution in [3.05, 3.63) is 23.8 Å². The number of hydrogen-bond donors (Lipinski definition) is 0. The Morgan fingerprint density at radius 2 is 1.88 bits per heavy atom. The van der Waals surface area contributed by atoms with Crippen LogP contribution < -0.4 is 9.47 Å². The van der Waals surface area contributed by atoms with Crippen LogP contribution in [0.1, 0.15) is 69.1 Å². The summed E-state index contributed by atoms with van der Waals surface area (Å²) in [5.74, 6) is 2.13. The number of thioether (sulfide) groups is 1. The second kappa shape index (κ2) is 9.43. The van der Waals surface area contributed by atoms with Gasteiger partial charge in [-0.2, -0.15) is 0 Å². The summed E-state index contributed by atoms with van der Waals surface area (Å²) in [5, 5.41) is 0.249. The summed E-state index contributed by atoms with van der Waals surface area (Å²) in [6.45, 7) is 5.40. The summed E-state index contributed by atoms with van der Waals surface area (Å²) in [4.78, 5) is 15.0. The third kappa shape index (κ3) is 4.62. The van der Waals surface area contributed by atoms with Gasteiger partial charge in [0.05, 0.1) is 25.6 Å². The van der Waals surface area contributed by atoms with E-state index in [9.17, 15) is 4.79 Å². The van der Waals surface area contributed by atoms with E-state index in [2.05, 4.69) is 12.1 Å². The van der Waals surface area contributed by atoms with E-state index in [0.717, 1.165) is 43.6 Å². The quantitative estimate of drug-likeness (QED) is 0.633. The minimum absolute atomic E-state index is 0.0756. The SMILES string of the molecule is CCOc1ccc2c(c1)C(SCC(=O)N1CCC3(CC1)OCCO3)CC1(CCCCC1)O2. The van der Waals surface area contributed by atoms with Gasteiger partial charge in [0.1, 0.15) is 17.1 Å². The molecule has 3 aliphatic heterocycles. The Labute approximate surface area is 195 Å². The second-order valence-electron chi connectivity index (χ2n) is 9.47. The zero-order chi connectivity index (χ0) is 22.0. The number of carbonyl (C=O) groups is 1. The molecule has 5 rings (SSSR count). The summed E-state index contributed by atoms with van der Waals surface area (Å²) in [5.41, 5.74) is 1.10. The minimum Gasteiger partial charge on any atom is -0.494 e. The lowest BCUT2D eigenvalue weighted by molar-refractivity contribution is -0.186. The molecule has 1 amide bonds. The van der Waals surface area contributed by atoms with E-state index in [0.29, 0.717) is 38.7 Å². The number of ether oxygens (including phenoxy) is 4. The van der Waals surface area contributed by atoms with Crippen molar-refractivity contribution in [3.8, 4) is 11.5 Å². The second-order valence-corrected chi connectivity index (χ2v) is 10.7. The molecule has 1 aliphatic carbocycles. The molecule has 4 aliphatic rings. The lowest BCUT2D eigenvalue weighted by atomic mass is 9.78. The first-order chi connectivity index (χ1) is 15.6. The van der Waals surface area contributed by atoms with Gasteiger partial charge in [-0.05, 0) is 50.8 Å². The third-order valence-corrected chi connectivity index (χ3v) is 8.62. The fourth-order valence-corrected chi connectivity index (χ4v) is 6.96. The number of hydrogen-bond acceptors (Lipinski definition) is 6. The van der Waals surface area contributed by atoms with Crippen LogP contribution in [0.5, 0.6) is 11.5 Å². The highest BCUT2D eigenvalue weighted by molar-refractivity contribution is 8.00. The van der Waals surface area contributed by atoms with Crippen LogP contribution in [0, 0.1) is 0 Å². The Bertz CT molecular complexity index is 809. The van der Waals surface area contributed by atoms with Crippen molar-refractivity contribution >= 4 is 17.7 Å². The Morgan fingerprint density at radius 1 is 1.12 bits per heavy atom. The third-order valence-electron chi connectivity index (χ3n) is 7.39. The van der Waals surface area contributed by atoms with Gasteiger partial charge >= 0.3 is 0 Å². The van der Waals surface area contributed by atoms with E-state index in [4.69, 9.17) is 18.9 Å². The van der Waals surface area contributed by atoms with Gasteiger partial charge in [-0.1, -0.05) is 6.42 Å². The first kappa shape index (κ1) is 22.4. The number of piperidine rings is 1. The molecule has 32 heavy (non-hydrogen) atoms. The average Bonchev–Trinajstić information content (AvgIpc) is 3.26. The highest BCUT2D eigenvalue weighted by Crippen LogP contribution is 2.51. The molecule has 2 spiro atoms. The predicted molar refractivity (Wildman–Crippen MR) is 124 cm³/mol. The van der Waals surface area contributed by atoms with Gasteiger partial charge in [-0.15, -0.1) is 11.8 Å². The molecule has 2 saturated heterocycles. The molecule has 176 valence electrons. The number of likely N-dealkylation sites (tertiary alicyclic amines) is 1. The smallest absolute Gasteiger partial charge is 0.232 e. The van der Waals surface area contributed by atoms with Crippen molar-refractivity contribution < 1.29 is 23.7 Å². The molecule has 1 saturated carbocycles. The zero-order valence-electron chi connectivity index (χ0n) is 19.1. The number of carbonyl (C=O) groups excluding carboxylic acids is 1. The van der Waals surface area contributed by atoms with Gasteiger partial charge in [0, 0.05) is 43.2 Å². The lowest BCUT2D eigenvalue weighted by Crippen LogP contribution is -2.48. The average molecular weight is 462 g/mol. The van der Waals surface area contributed by atoms with E-state index >= 15 is 0 Å². The monoisotopic (exact) mass is 461 g/mol. The van der Waals surface area contributed by atoms with Crippen LogP contribution in [0.4, 0.5) is 0 Å². The summed E-state index contributed by atoms with van der Waals surface area (Å²) in [7, 11) is 0. The summed E-state index contributed by atoms with van der Waals surface area (Å²) in [6.07, 6.45) is 8.47. The van der Waals surface area contributed by atoms with Crippen molar-refractivity contribution in [1.82, 2.24) is 4.90 Å². The van der Waals surface area contributed by atoms with Crippen molar-refractivity contribution in [2.45, 2.75) is 74.9 Å². The maximum Gasteiger partial charge on any atom is 0.232 e. The Morgan fingerprint density at radius 3 is 2.59 bits per heavy atom. The lowest BCUT2D eigenvalue weighted by Gasteiger charge is -2.44. The Hall–Kier alpha value is -1.44. The minimum atomic E-state index is -0.438. The molecule has 0 bridgehead atoms. The van der Waals surface area contributed by atoms with Crippen molar-refractivity contribution in [2.24, 2.45) is 0 Å². The highest BCUT2D eigenvalue weighted by Gasteiger charge is 2.43. The largest absolute Gasteiger partial charge is 0.494 e. The highest BCUT2D eigenvalue weighted by atomic mass is 32.2. The number of fused-ring (bicyclic) bond motifs is 1. The van der Waals surface area contributed by atoms with Crippen molar-refractivity contribution in [3.63, 3.8) is 0 Å². The zero-order valence-corrected chi connectivity index (χ0v) is 19.9. The van der Waals surface area contributed by atoms with Gasteiger partial charge in [-0.25, -0.2) is 0 Å². The number of nitrogens with zero attached hydrogens (tertiary/aromatic N) is 1. The molecule has 1 aromatic carbocycles. The van der Waals surface area contributed by atoms with Gasteiger partial charge in [0.2, 0.25) is 5.91 Å². The van der Waals surface area contributed by atoms with Gasteiger partial charge in [0.15, 0.2) is 5.79 Å². The van der Waals surface area contributed by atoms with Gasteiger partial charge in [0.25, 0.3) is 0 Å². The van der Waals surface area contributed by atoms with Crippen LogP contribution in [0.15, 0.2) is 18.2 Å². The standard InChI is InChI=1S/C25H35NO5S/c1-2-28-19-6-7-21-20(16-19)22(17-24(31-21)8-4-3-5-9-24)32-18-23(27)26-12-10-25(11-13-26)29-14-15-30-25/h6-7,16,22H,2-5,8-15,17-18H2,1H3. The first-order valence-corrected chi connectivity index (χ1v) is 13.3. The van der Waals surface area contributed by atoms with E-state index in [1.54, 1.807) is 11.8 Å². The molecule has 1 aromatic rings. The van der Waals surface area contributed by atoms with Crippen LogP contribution in [0.2, 0.25) is 0 Å². The predicted octanol–water partition coefficient (Wildman–Crippen LogP) is 4.71. The van der Waals surface area contributed by atoms with Crippen LogP contribution >= 0.6 is 11.8 Å². The maximum absolute atomic E-state index is 13.1. The fourth-order valence-electron chi connectivity index (χ4n) is 5.65. The van der Waals surface area contributed by atoms with E-state index in [-0.39, 0.29) is 16.8 Å². The van der Waals surface area contributed by atoms with Crippen LogP contribution in [0.3, 0.4) is 0 Å². The van der Waals surface area contributed by atoms with Gasteiger partial charge < -0.3 is 23.8 Å². The van der Waals surface area contributed by atoms with E-state index < -0.39 is 5.79 Å². The normalized spacial score (nSPS) is 26.0. The molecule has 0 aromatic heterocycles. The molecule has 0 N–H and O–H groups in total. The maximum atomic E-state index is 13.1. The van der Waals surface area contributed by atoms with Crippen molar-refractivity contribution in [2.75, 3.05) is 38.7 Å². The Balaban J connectivity index is 1.26. The number of rotatable bonds is 5. The number of amides is 1. The molecule has 7 heteroatoms. The Kier molecular flexibility index (Phi) is 6.59. The molecule has 3 fully saturated rings. The van der Waals surface area contributed by atoms with Crippen LogP contribution in [-0.2, 0) is 14.3 Å². The first-order valence-electron chi connectivity index (χ1n) is 12.2. The van der Waals surface area contributed by atoms with Crippen LogP contribution in [0.25, 0.3) is 0 Å². The van der Waals surface area contributed by atoms with E-state index in [1.807, 2.05) is 17.9 Å².